The van der Waals surface area contributed by atoms with Crippen molar-refractivity contribution < 1.29 is 32.9 Å². The van der Waals surface area contributed by atoms with Crippen molar-refractivity contribution in [3.63, 3.8) is 0 Å². The molecule has 1 heterocycles. The van der Waals surface area contributed by atoms with Crippen molar-refractivity contribution in [3.05, 3.63) is 53.8 Å². The fourth-order valence-electron chi connectivity index (χ4n) is 2.44. The molecule has 27 heavy (non-hydrogen) atoms. The van der Waals surface area contributed by atoms with E-state index in [2.05, 4.69) is 5.32 Å². The second-order valence-electron chi connectivity index (χ2n) is 5.72. The molecule has 1 aliphatic rings. The lowest BCUT2D eigenvalue weighted by molar-refractivity contribution is -0.124. The fourth-order valence-corrected chi connectivity index (χ4v) is 2.44. The summed E-state index contributed by atoms with van der Waals surface area (Å²) in [5, 5.41) is 2.59. The number of amides is 1. The third-order valence-electron chi connectivity index (χ3n) is 3.82. The minimum atomic E-state index is -0.934. The molecule has 0 spiro atoms. The van der Waals surface area contributed by atoms with E-state index in [1.54, 1.807) is 12.1 Å². The van der Waals surface area contributed by atoms with Gasteiger partial charge in [0.2, 0.25) is 0 Å². The van der Waals surface area contributed by atoms with Crippen LogP contribution in [-0.4, -0.2) is 44.8 Å². The summed E-state index contributed by atoms with van der Waals surface area (Å²) < 4.78 is 34.8. The van der Waals surface area contributed by atoms with E-state index in [0.29, 0.717) is 11.5 Å². The summed E-state index contributed by atoms with van der Waals surface area (Å²) >= 11 is 0. The summed E-state index contributed by atoms with van der Waals surface area (Å²) in [6.45, 7) is -0.0653. The van der Waals surface area contributed by atoms with E-state index in [0.717, 1.165) is 6.07 Å². The fraction of sp³-hybridized carbons (Fsp3) is 0.263. The van der Waals surface area contributed by atoms with Gasteiger partial charge < -0.3 is 24.3 Å². The Balaban J connectivity index is 1.44. The maximum absolute atomic E-state index is 13.8. The number of carbonyl (C=O) groups is 2. The molecule has 0 saturated carbocycles. The lowest BCUT2D eigenvalue weighted by atomic mass is 10.2. The Hall–Kier alpha value is -3.29. The molecule has 2 aromatic rings. The molecule has 0 aromatic heterocycles. The van der Waals surface area contributed by atoms with Gasteiger partial charge in [-0.2, -0.15) is 0 Å². The Bertz CT molecular complexity index is 841. The third kappa shape index (κ3) is 4.66. The van der Waals surface area contributed by atoms with Crippen molar-refractivity contribution in [2.75, 3.05) is 26.9 Å². The second kappa shape index (κ2) is 8.39. The number of hydrogen-bond acceptors (Lipinski definition) is 6. The molecule has 142 valence electrons. The number of carbonyl (C=O) groups excluding carboxylic acids is 2. The summed E-state index contributed by atoms with van der Waals surface area (Å²) in [6.07, 6.45) is -0.362. The topological polar surface area (TPSA) is 83.1 Å². The van der Waals surface area contributed by atoms with Gasteiger partial charge in [0.15, 0.2) is 18.1 Å². The van der Waals surface area contributed by atoms with E-state index in [9.17, 15) is 14.0 Å². The Labute approximate surface area is 155 Å². The van der Waals surface area contributed by atoms with Crippen LogP contribution in [0.4, 0.5) is 4.39 Å². The van der Waals surface area contributed by atoms with Gasteiger partial charge in [0.05, 0.1) is 19.2 Å². The van der Waals surface area contributed by atoms with Crippen LogP contribution >= 0.6 is 0 Å². The predicted octanol–water partition coefficient (Wildman–Crippen LogP) is 1.95. The van der Waals surface area contributed by atoms with E-state index >= 15 is 0 Å². The standard InChI is InChI=1S/C19H18FNO6/c1-24-12-6-7-14(15(20)8-12)19(23)26-11-18(22)21-9-13-10-25-16-4-2-3-5-17(16)27-13/h2-8,13H,9-11H2,1H3,(H,21,22)/t13-/m0/s1. The van der Waals surface area contributed by atoms with Crippen LogP contribution in [0.2, 0.25) is 0 Å². The van der Waals surface area contributed by atoms with Gasteiger partial charge in [0, 0.05) is 6.07 Å². The molecule has 0 fully saturated rings. The van der Waals surface area contributed by atoms with E-state index in [-0.39, 0.29) is 30.6 Å². The number of nitrogens with one attached hydrogen (secondary N) is 1. The van der Waals surface area contributed by atoms with E-state index < -0.39 is 24.3 Å². The number of methoxy groups -OCH3 is 1. The van der Waals surface area contributed by atoms with E-state index in [4.69, 9.17) is 18.9 Å². The van der Waals surface area contributed by atoms with Crippen LogP contribution in [0.3, 0.4) is 0 Å². The zero-order chi connectivity index (χ0) is 19.2. The first kappa shape index (κ1) is 18.5. The van der Waals surface area contributed by atoms with Crippen LogP contribution in [0.1, 0.15) is 10.4 Å². The highest BCUT2D eigenvalue weighted by molar-refractivity contribution is 5.91. The largest absolute Gasteiger partial charge is 0.497 e. The van der Waals surface area contributed by atoms with Crippen LogP contribution in [0.25, 0.3) is 0 Å². The first-order chi connectivity index (χ1) is 13.1. The molecule has 8 heteroatoms. The lowest BCUT2D eigenvalue weighted by Gasteiger charge is -2.26. The normalized spacial score (nSPS) is 15.0. The number of esters is 1. The van der Waals surface area contributed by atoms with Crippen LogP contribution in [-0.2, 0) is 9.53 Å². The monoisotopic (exact) mass is 375 g/mol. The van der Waals surface area contributed by atoms with Gasteiger partial charge in [0.25, 0.3) is 5.91 Å². The highest BCUT2D eigenvalue weighted by Gasteiger charge is 2.21. The summed E-state index contributed by atoms with van der Waals surface area (Å²) in [7, 11) is 1.39. The van der Waals surface area contributed by atoms with Gasteiger partial charge in [-0.05, 0) is 24.3 Å². The number of hydrogen-bond donors (Lipinski definition) is 1. The van der Waals surface area contributed by atoms with Gasteiger partial charge in [-0.25, -0.2) is 9.18 Å². The van der Waals surface area contributed by atoms with Crippen molar-refractivity contribution in [3.8, 4) is 17.2 Å². The summed E-state index contributed by atoms with van der Waals surface area (Å²) in [5.41, 5.74) is -0.274. The first-order valence-corrected chi connectivity index (χ1v) is 8.22. The second-order valence-corrected chi connectivity index (χ2v) is 5.72. The minimum absolute atomic E-state index is 0.182. The van der Waals surface area contributed by atoms with E-state index in [1.807, 2.05) is 12.1 Å². The third-order valence-corrected chi connectivity index (χ3v) is 3.82. The van der Waals surface area contributed by atoms with Crippen LogP contribution < -0.4 is 19.5 Å². The molecule has 0 radical (unpaired) electrons. The Morgan fingerprint density at radius 1 is 1.22 bits per heavy atom. The van der Waals surface area contributed by atoms with Gasteiger partial charge in [-0.3, -0.25) is 4.79 Å². The van der Waals surface area contributed by atoms with Crippen LogP contribution in [0, 0.1) is 5.82 Å². The molecule has 0 unspecified atom stereocenters. The number of fused-ring (bicyclic) bond motifs is 1. The Morgan fingerprint density at radius 2 is 2.00 bits per heavy atom. The average Bonchev–Trinajstić information content (AvgIpc) is 2.70. The molecule has 7 nitrogen and oxygen atoms in total. The average molecular weight is 375 g/mol. The van der Waals surface area contributed by atoms with Gasteiger partial charge >= 0.3 is 5.97 Å². The molecule has 0 bridgehead atoms. The maximum Gasteiger partial charge on any atom is 0.341 e. The molecule has 1 N–H and O–H groups in total. The molecule has 3 rings (SSSR count). The summed E-state index contributed by atoms with van der Waals surface area (Å²) in [6, 6.07) is 11.0. The molecule has 1 amide bonds. The molecular weight excluding hydrogens is 357 g/mol. The zero-order valence-electron chi connectivity index (χ0n) is 14.6. The molecule has 2 aromatic carbocycles. The van der Waals surface area contributed by atoms with Gasteiger partial charge in [-0.15, -0.1) is 0 Å². The van der Waals surface area contributed by atoms with Gasteiger partial charge in [-0.1, -0.05) is 12.1 Å². The minimum Gasteiger partial charge on any atom is -0.497 e. The molecule has 1 aliphatic heterocycles. The van der Waals surface area contributed by atoms with Crippen molar-refractivity contribution in [2.45, 2.75) is 6.10 Å². The van der Waals surface area contributed by atoms with Crippen molar-refractivity contribution >= 4 is 11.9 Å². The van der Waals surface area contributed by atoms with Crippen molar-refractivity contribution in [1.29, 1.82) is 0 Å². The number of para-hydroxylation sites is 2. The highest BCUT2D eigenvalue weighted by atomic mass is 19.1. The lowest BCUT2D eigenvalue weighted by Crippen LogP contribution is -2.42. The Morgan fingerprint density at radius 3 is 2.74 bits per heavy atom. The number of ether oxygens (including phenoxy) is 4. The van der Waals surface area contributed by atoms with Crippen molar-refractivity contribution in [1.82, 2.24) is 5.32 Å². The van der Waals surface area contributed by atoms with Crippen molar-refractivity contribution in [2.24, 2.45) is 0 Å². The predicted molar refractivity (Wildman–Crippen MR) is 92.6 cm³/mol. The maximum atomic E-state index is 13.8. The summed E-state index contributed by atoms with van der Waals surface area (Å²) in [4.78, 5) is 23.7. The van der Waals surface area contributed by atoms with Crippen LogP contribution in [0.5, 0.6) is 17.2 Å². The SMILES string of the molecule is COc1ccc(C(=O)OCC(=O)NC[C@H]2COc3ccccc3O2)c(F)c1. The van der Waals surface area contributed by atoms with Crippen LogP contribution in [0.15, 0.2) is 42.5 Å². The number of benzene rings is 2. The zero-order valence-corrected chi connectivity index (χ0v) is 14.6. The number of halogens is 1. The molecular formula is C19H18FNO6. The van der Waals surface area contributed by atoms with Gasteiger partial charge in [0.1, 0.15) is 24.3 Å². The first-order valence-electron chi connectivity index (χ1n) is 8.22. The van der Waals surface area contributed by atoms with E-state index in [1.165, 1.54) is 19.2 Å². The molecule has 0 saturated heterocycles. The quantitative estimate of drug-likeness (QED) is 0.777. The smallest absolute Gasteiger partial charge is 0.341 e. The summed E-state index contributed by atoms with van der Waals surface area (Å²) in [5.74, 6) is -0.722. The highest BCUT2D eigenvalue weighted by Crippen LogP contribution is 2.30. The molecule has 0 aliphatic carbocycles. The molecule has 1 atom stereocenters. The Kier molecular flexibility index (Phi) is 5.75. The number of rotatable bonds is 6.